The van der Waals surface area contributed by atoms with Crippen molar-refractivity contribution in [3.05, 3.63) is 47.5 Å². The molecule has 6 nitrogen and oxygen atoms in total. The molecule has 0 bridgehead atoms. The first-order valence-electron chi connectivity index (χ1n) is 6.08. The van der Waals surface area contributed by atoms with Crippen molar-refractivity contribution in [3.63, 3.8) is 0 Å². The molecule has 0 aliphatic carbocycles. The van der Waals surface area contributed by atoms with Crippen LogP contribution in [0.5, 0.6) is 0 Å². The molecule has 0 unspecified atom stereocenters. The number of hydrogen-bond acceptors (Lipinski definition) is 5. The van der Waals surface area contributed by atoms with Gasteiger partial charge in [0.2, 0.25) is 0 Å². The molecule has 0 atom stereocenters. The Labute approximate surface area is 123 Å². The Kier molecular flexibility index (Phi) is 3.28. The number of hydrogen-bond donors (Lipinski definition) is 1. The number of nitrogens with zero attached hydrogens (tertiary/aromatic N) is 2. The third kappa shape index (κ3) is 2.39. The zero-order chi connectivity index (χ0) is 15.9. The fraction of sp³-hybridized carbons (Fsp3) is 0.0769. The molecule has 1 heterocycles. The zero-order valence-corrected chi connectivity index (χ0v) is 12.0. The van der Waals surface area contributed by atoms with E-state index in [4.69, 9.17) is 0 Å². The molecule has 114 valence electrons. The van der Waals surface area contributed by atoms with E-state index in [1.165, 1.54) is 12.1 Å². The maximum absolute atomic E-state index is 13.5. The van der Waals surface area contributed by atoms with Crippen LogP contribution in [0, 0.1) is 18.6 Å². The van der Waals surface area contributed by atoms with E-state index in [2.05, 4.69) is 19.7 Å². The summed E-state index contributed by atoms with van der Waals surface area (Å²) >= 11 is 0. The molecular formula is C13H9F2N3O3S. The molecule has 0 spiro atoms. The zero-order valence-electron chi connectivity index (χ0n) is 11.2. The van der Waals surface area contributed by atoms with Gasteiger partial charge >= 0.3 is 0 Å². The van der Waals surface area contributed by atoms with Gasteiger partial charge in [-0.25, -0.2) is 21.8 Å². The number of anilines is 1. The maximum Gasteiger partial charge on any atom is 0.264 e. The molecule has 0 aliphatic rings. The van der Waals surface area contributed by atoms with Crippen LogP contribution in [-0.2, 0) is 10.0 Å². The minimum Gasteiger partial charge on any atom is -0.279 e. The standard InChI is InChI=1S/C13H9F2N3O3S/c1-7-6-8(14)2-4-10(7)18-22(19,20)11-5-3-9(15)12-13(11)17-21-16-12/h2-6,18H,1H3. The first-order valence-corrected chi connectivity index (χ1v) is 7.56. The summed E-state index contributed by atoms with van der Waals surface area (Å²) in [6.07, 6.45) is 0. The number of nitrogens with one attached hydrogen (secondary N) is 1. The van der Waals surface area contributed by atoms with Gasteiger partial charge in [-0.15, -0.1) is 0 Å². The second kappa shape index (κ2) is 5.02. The van der Waals surface area contributed by atoms with Crippen molar-refractivity contribution < 1.29 is 21.8 Å². The van der Waals surface area contributed by atoms with Crippen LogP contribution in [0.4, 0.5) is 14.5 Å². The summed E-state index contributed by atoms with van der Waals surface area (Å²) < 4.78 is 58.1. The normalized spacial score (nSPS) is 11.8. The van der Waals surface area contributed by atoms with Crippen LogP contribution in [-0.4, -0.2) is 18.7 Å². The van der Waals surface area contributed by atoms with E-state index >= 15 is 0 Å². The largest absolute Gasteiger partial charge is 0.279 e. The van der Waals surface area contributed by atoms with Crippen molar-refractivity contribution in [2.45, 2.75) is 11.8 Å². The van der Waals surface area contributed by atoms with Gasteiger partial charge < -0.3 is 0 Å². The monoisotopic (exact) mass is 325 g/mol. The van der Waals surface area contributed by atoms with Crippen LogP contribution in [0.3, 0.4) is 0 Å². The highest BCUT2D eigenvalue weighted by Crippen LogP contribution is 2.26. The van der Waals surface area contributed by atoms with Crippen molar-refractivity contribution in [1.82, 2.24) is 10.3 Å². The van der Waals surface area contributed by atoms with Crippen molar-refractivity contribution in [1.29, 1.82) is 0 Å². The number of aryl methyl sites for hydroxylation is 1. The van der Waals surface area contributed by atoms with Gasteiger partial charge in [-0.05, 0) is 53.1 Å². The van der Waals surface area contributed by atoms with Crippen LogP contribution < -0.4 is 4.72 Å². The number of fused-ring (bicyclic) bond motifs is 1. The van der Waals surface area contributed by atoms with Gasteiger partial charge in [-0.2, -0.15) is 0 Å². The van der Waals surface area contributed by atoms with Crippen LogP contribution >= 0.6 is 0 Å². The average Bonchev–Trinajstić information content (AvgIpc) is 2.92. The lowest BCUT2D eigenvalue weighted by molar-refractivity contribution is 0.314. The van der Waals surface area contributed by atoms with Crippen LogP contribution in [0.2, 0.25) is 0 Å². The Morgan fingerprint density at radius 2 is 1.82 bits per heavy atom. The number of benzene rings is 2. The Hall–Kier alpha value is -2.55. The molecular weight excluding hydrogens is 316 g/mol. The Bertz CT molecular complexity index is 970. The second-order valence-electron chi connectivity index (χ2n) is 4.57. The molecule has 9 heteroatoms. The third-order valence-corrected chi connectivity index (χ3v) is 4.45. The predicted molar refractivity (Wildman–Crippen MR) is 73.7 cm³/mol. The molecule has 0 saturated carbocycles. The highest BCUT2D eigenvalue weighted by Gasteiger charge is 2.23. The molecule has 0 aliphatic heterocycles. The molecule has 0 saturated heterocycles. The van der Waals surface area contributed by atoms with E-state index < -0.39 is 21.7 Å². The second-order valence-corrected chi connectivity index (χ2v) is 6.22. The third-order valence-electron chi connectivity index (χ3n) is 3.05. The van der Waals surface area contributed by atoms with Crippen LogP contribution in [0.15, 0.2) is 39.9 Å². The van der Waals surface area contributed by atoms with Crippen molar-refractivity contribution in [2.24, 2.45) is 0 Å². The van der Waals surface area contributed by atoms with E-state index in [9.17, 15) is 17.2 Å². The van der Waals surface area contributed by atoms with Gasteiger partial charge in [0.05, 0.1) is 5.69 Å². The summed E-state index contributed by atoms with van der Waals surface area (Å²) in [5.74, 6) is -1.22. The molecule has 1 aromatic heterocycles. The number of halogens is 2. The lowest BCUT2D eigenvalue weighted by atomic mass is 10.2. The van der Waals surface area contributed by atoms with Crippen molar-refractivity contribution >= 4 is 26.7 Å². The molecule has 2 aromatic carbocycles. The summed E-state index contributed by atoms with van der Waals surface area (Å²) in [6, 6.07) is 5.63. The van der Waals surface area contributed by atoms with E-state index in [1.807, 2.05) is 0 Å². The molecule has 3 rings (SSSR count). The summed E-state index contributed by atoms with van der Waals surface area (Å²) in [7, 11) is -4.06. The number of rotatable bonds is 3. The first kappa shape index (κ1) is 14.4. The minimum atomic E-state index is -4.06. The van der Waals surface area contributed by atoms with Gasteiger partial charge in [0, 0.05) is 0 Å². The van der Waals surface area contributed by atoms with Gasteiger partial charge in [-0.3, -0.25) is 4.72 Å². The Morgan fingerprint density at radius 1 is 1.09 bits per heavy atom. The van der Waals surface area contributed by atoms with E-state index in [-0.39, 0.29) is 21.6 Å². The first-order chi connectivity index (χ1) is 10.4. The van der Waals surface area contributed by atoms with Crippen molar-refractivity contribution in [2.75, 3.05) is 4.72 Å². The molecule has 22 heavy (non-hydrogen) atoms. The molecule has 0 amide bonds. The predicted octanol–water partition coefficient (Wildman–Crippen LogP) is 2.61. The Morgan fingerprint density at radius 3 is 2.55 bits per heavy atom. The van der Waals surface area contributed by atoms with E-state index in [0.29, 0.717) is 5.56 Å². The molecule has 0 fully saturated rings. The smallest absolute Gasteiger partial charge is 0.264 e. The number of sulfonamides is 1. The average molecular weight is 325 g/mol. The van der Waals surface area contributed by atoms with E-state index in [0.717, 1.165) is 18.2 Å². The lowest BCUT2D eigenvalue weighted by Gasteiger charge is -2.10. The summed E-state index contributed by atoms with van der Waals surface area (Å²) in [5, 5.41) is 6.74. The Balaban J connectivity index is 2.09. The lowest BCUT2D eigenvalue weighted by Crippen LogP contribution is -2.14. The van der Waals surface area contributed by atoms with Crippen LogP contribution in [0.25, 0.3) is 11.0 Å². The number of aromatic nitrogens is 2. The SMILES string of the molecule is Cc1cc(F)ccc1NS(=O)(=O)c1ccc(F)c2nonc12. The topological polar surface area (TPSA) is 85.1 Å². The summed E-state index contributed by atoms with van der Waals surface area (Å²) in [4.78, 5) is -0.283. The molecule has 0 radical (unpaired) electrons. The fourth-order valence-electron chi connectivity index (χ4n) is 1.97. The highest BCUT2D eigenvalue weighted by atomic mass is 32.2. The van der Waals surface area contributed by atoms with Gasteiger partial charge in [0.1, 0.15) is 10.7 Å². The van der Waals surface area contributed by atoms with Gasteiger partial charge in [-0.1, -0.05) is 0 Å². The maximum atomic E-state index is 13.5. The van der Waals surface area contributed by atoms with Crippen LogP contribution in [0.1, 0.15) is 5.56 Å². The van der Waals surface area contributed by atoms with Gasteiger partial charge in [0.15, 0.2) is 16.9 Å². The fourth-order valence-corrected chi connectivity index (χ4v) is 3.24. The quantitative estimate of drug-likeness (QED) is 0.800. The van der Waals surface area contributed by atoms with Crippen molar-refractivity contribution in [3.8, 4) is 0 Å². The van der Waals surface area contributed by atoms with Gasteiger partial charge in [0.25, 0.3) is 10.0 Å². The minimum absolute atomic E-state index is 0.204. The van der Waals surface area contributed by atoms with E-state index in [1.54, 1.807) is 6.92 Å². The molecule has 1 N–H and O–H groups in total. The molecule has 3 aromatic rings. The summed E-state index contributed by atoms with van der Waals surface area (Å²) in [5.41, 5.74) is 0.113. The highest BCUT2D eigenvalue weighted by molar-refractivity contribution is 7.93. The summed E-state index contributed by atoms with van der Waals surface area (Å²) in [6.45, 7) is 1.55.